The standard InChI is InChI=1S/C25H38N4O4/c1-6-26-22(31)23(4,5)7-8-29-21(33-16(2)3)19(14-27-29)20(30)28-24-10-17-9-18(11-24)13-25(32,12-17)15-24/h7-8,14,16-18,32H,6,9-13,15H2,1-5H3,(H,26,31)(H,28,30)/b8-7+/t17?,18?,24-,25-. The van der Waals surface area contributed by atoms with Gasteiger partial charge in [0.15, 0.2) is 0 Å². The molecule has 4 aliphatic carbocycles. The molecule has 5 rings (SSSR count). The maximum atomic E-state index is 13.4. The number of nitrogens with one attached hydrogen (secondary N) is 2. The van der Waals surface area contributed by atoms with Gasteiger partial charge in [0.25, 0.3) is 5.91 Å². The van der Waals surface area contributed by atoms with Crippen LogP contribution in [0.3, 0.4) is 0 Å². The van der Waals surface area contributed by atoms with Gasteiger partial charge in [-0.2, -0.15) is 5.10 Å². The minimum atomic E-state index is -0.742. The highest BCUT2D eigenvalue weighted by Crippen LogP contribution is 2.57. The zero-order valence-corrected chi connectivity index (χ0v) is 20.5. The van der Waals surface area contributed by atoms with Crippen LogP contribution in [-0.2, 0) is 4.79 Å². The van der Waals surface area contributed by atoms with Gasteiger partial charge in [0.05, 0.1) is 23.3 Å². The second kappa shape index (κ2) is 8.46. The van der Waals surface area contributed by atoms with Crippen LogP contribution in [0.15, 0.2) is 12.3 Å². The first-order valence-electron chi connectivity index (χ1n) is 12.2. The summed E-state index contributed by atoms with van der Waals surface area (Å²) in [5, 5.41) is 21.5. The van der Waals surface area contributed by atoms with Crippen molar-refractivity contribution in [1.29, 1.82) is 0 Å². The first kappa shape index (κ1) is 23.8. The van der Waals surface area contributed by atoms with Crippen LogP contribution < -0.4 is 15.4 Å². The molecule has 2 atom stereocenters. The molecule has 1 heterocycles. The minimum absolute atomic E-state index is 0.0857. The van der Waals surface area contributed by atoms with Crippen LogP contribution in [0.25, 0.3) is 6.20 Å². The largest absolute Gasteiger partial charge is 0.474 e. The SMILES string of the molecule is CCNC(=O)C(C)(C)/C=C/n1ncc(C(=O)N[C@]23CC4CC(C[C@@](O)(C4)C2)C3)c1OC(C)C. The molecule has 2 unspecified atom stereocenters. The van der Waals surface area contributed by atoms with Gasteiger partial charge in [0.2, 0.25) is 11.8 Å². The van der Waals surface area contributed by atoms with Crippen LogP contribution in [-0.4, -0.2) is 50.5 Å². The number of aliphatic hydroxyl groups is 1. The van der Waals surface area contributed by atoms with Gasteiger partial charge < -0.3 is 20.5 Å². The number of carbonyl (C=O) groups excluding carboxylic acids is 2. The first-order chi connectivity index (χ1) is 15.4. The highest BCUT2D eigenvalue weighted by atomic mass is 16.5. The van der Waals surface area contributed by atoms with E-state index in [1.54, 1.807) is 12.3 Å². The zero-order valence-electron chi connectivity index (χ0n) is 20.5. The molecule has 8 nitrogen and oxygen atoms in total. The van der Waals surface area contributed by atoms with Crippen LogP contribution in [0.4, 0.5) is 0 Å². The van der Waals surface area contributed by atoms with Crippen LogP contribution in [0.2, 0.25) is 0 Å². The number of ether oxygens (including phenoxy) is 1. The lowest BCUT2D eigenvalue weighted by molar-refractivity contribution is -0.139. The van der Waals surface area contributed by atoms with E-state index in [9.17, 15) is 14.7 Å². The van der Waals surface area contributed by atoms with E-state index in [2.05, 4.69) is 15.7 Å². The Morgan fingerprint density at radius 1 is 1.30 bits per heavy atom. The maximum Gasteiger partial charge on any atom is 0.258 e. The molecule has 1 aromatic rings. The van der Waals surface area contributed by atoms with Gasteiger partial charge in [0, 0.05) is 18.3 Å². The number of nitrogens with zero attached hydrogens (tertiary/aromatic N) is 2. The molecule has 0 aromatic carbocycles. The molecule has 1 aromatic heterocycles. The lowest BCUT2D eigenvalue weighted by Crippen LogP contribution is -2.65. The first-order valence-corrected chi connectivity index (χ1v) is 12.2. The molecule has 4 fully saturated rings. The Kier molecular flexibility index (Phi) is 6.10. The maximum absolute atomic E-state index is 13.4. The molecule has 33 heavy (non-hydrogen) atoms. The van der Waals surface area contributed by atoms with Crippen molar-refractivity contribution in [3.63, 3.8) is 0 Å². The normalized spacial score (nSPS) is 30.8. The summed E-state index contributed by atoms with van der Waals surface area (Å²) in [4.78, 5) is 25.8. The number of rotatable bonds is 8. The third-order valence-electron chi connectivity index (χ3n) is 7.31. The molecule has 0 aliphatic heterocycles. The number of hydrogen-bond acceptors (Lipinski definition) is 5. The second-order valence-corrected chi connectivity index (χ2v) is 11.3. The molecule has 182 valence electrons. The van der Waals surface area contributed by atoms with Crippen LogP contribution in [0, 0.1) is 17.3 Å². The number of aromatic nitrogens is 2. The van der Waals surface area contributed by atoms with Gasteiger partial charge in [-0.25, -0.2) is 4.68 Å². The Hall–Kier alpha value is -2.35. The molecular weight excluding hydrogens is 420 g/mol. The predicted octanol–water partition coefficient (Wildman–Crippen LogP) is 3.12. The fourth-order valence-corrected chi connectivity index (χ4v) is 6.34. The summed E-state index contributed by atoms with van der Waals surface area (Å²) in [5.74, 6) is 1.00. The third-order valence-corrected chi connectivity index (χ3v) is 7.31. The Bertz CT molecular complexity index is 934. The van der Waals surface area contributed by atoms with Crippen molar-refractivity contribution in [3.8, 4) is 5.88 Å². The Morgan fingerprint density at radius 2 is 1.97 bits per heavy atom. The molecule has 4 bridgehead atoms. The van der Waals surface area contributed by atoms with Crippen molar-refractivity contribution in [2.24, 2.45) is 17.3 Å². The van der Waals surface area contributed by atoms with Crippen molar-refractivity contribution in [1.82, 2.24) is 20.4 Å². The number of carbonyl (C=O) groups is 2. The van der Waals surface area contributed by atoms with Crippen molar-refractivity contribution >= 4 is 18.0 Å². The molecule has 4 aliphatic rings. The smallest absolute Gasteiger partial charge is 0.258 e. The topological polar surface area (TPSA) is 105 Å². The van der Waals surface area contributed by atoms with Crippen molar-refractivity contribution in [2.75, 3.05) is 6.54 Å². The average molecular weight is 459 g/mol. The Morgan fingerprint density at radius 3 is 2.55 bits per heavy atom. The van der Waals surface area contributed by atoms with Crippen LogP contribution >= 0.6 is 0 Å². The summed E-state index contributed by atoms with van der Waals surface area (Å²) in [7, 11) is 0. The lowest BCUT2D eigenvalue weighted by atomic mass is 9.51. The van der Waals surface area contributed by atoms with E-state index < -0.39 is 11.0 Å². The quantitative estimate of drug-likeness (QED) is 0.555. The van der Waals surface area contributed by atoms with Crippen molar-refractivity contribution < 1.29 is 19.4 Å². The van der Waals surface area contributed by atoms with E-state index in [0.29, 0.717) is 36.2 Å². The van der Waals surface area contributed by atoms with Gasteiger partial charge in [-0.1, -0.05) is 6.08 Å². The Labute approximate surface area is 196 Å². The van der Waals surface area contributed by atoms with E-state index in [0.717, 1.165) is 32.1 Å². The van der Waals surface area contributed by atoms with E-state index in [1.165, 1.54) is 10.9 Å². The van der Waals surface area contributed by atoms with Gasteiger partial charge in [-0.05, 0) is 85.0 Å². The minimum Gasteiger partial charge on any atom is -0.474 e. The monoisotopic (exact) mass is 458 g/mol. The molecule has 0 radical (unpaired) electrons. The second-order valence-electron chi connectivity index (χ2n) is 11.3. The van der Waals surface area contributed by atoms with Gasteiger partial charge in [-0.3, -0.25) is 9.59 Å². The molecule has 8 heteroatoms. The molecular formula is C25H38N4O4. The fourth-order valence-electron chi connectivity index (χ4n) is 6.34. The summed E-state index contributed by atoms with van der Waals surface area (Å²) in [5.41, 5.74) is -1.38. The van der Waals surface area contributed by atoms with Gasteiger partial charge in [0.1, 0.15) is 5.56 Å². The summed E-state index contributed by atoms with van der Waals surface area (Å²) in [6, 6.07) is 0. The van der Waals surface area contributed by atoms with Crippen molar-refractivity contribution in [2.45, 2.75) is 90.4 Å². The highest BCUT2D eigenvalue weighted by molar-refractivity contribution is 5.97. The zero-order chi connectivity index (χ0) is 24.0. The van der Waals surface area contributed by atoms with Gasteiger partial charge in [-0.15, -0.1) is 0 Å². The molecule has 0 saturated heterocycles. The number of amides is 2. The van der Waals surface area contributed by atoms with E-state index in [4.69, 9.17) is 4.74 Å². The fraction of sp³-hybridized carbons (Fsp3) is 0.720. The summed E-state index contributed by atoms with van der Waals surface area (Å²) < 4.78 is 7.51. The summed E-state index contributed by atoms with van der Waals surface area (Å²) in [6.45, 7) is 9.89. The molecule has 3 N–H and O–H groups in total. The molecule has 2 amide bonds. The van der Waals surface area contributed by atoms with Crippen molar-refractivity contribution in [3.05, 3.63) is 17.8 Å². The summed E-state index contributed by atoms with van der Waals surface area (Å²) in [6.07, 6.45) is 10.1. The predicted molar refractivity (Wildman–Crippen MR) is 126 cm³/mol. The third kappa shape index (κ3) is 4.81. The van der Waals surface area contributed by atoms with E-state index >= 15 is 0 Å². The molecule has 0 spiro atoms. The van der Waals surface area contributed by atoms with Crippen LogP contribution in [0.5, 0.6) is 5.88 Å². The molecule has 4 saturated carbocycles. The van der Waals surface area contributed by atoms with Crippen LogP contribution in [0.1, 0.15) is 83.5 Å². The van der Waals surface area contributed by atoms with Gasteiger partial charge >= 0.3 is 0 Å². The highest BCUT2D eigenvalue weighted by Gasteiger charge is 2.57. The average Bonchev–Trinajstić information content (AvgIpc) is 3.06. The van der Waals surface area contributed by atoms with E-state index in [-0.39, 0.29) is 23.5 Å². The summed E-state index contributed by atoms with van der Waals surface area (Å²) >= 11 is 0. The Balaban J connectivity index is 1.57. The number of hydrogen-bond donors (Lipinski definition) is 3. The lowest BCUT2D eigenvalue weighted by Gasteiger charge is -2.60. The van der Waals surface area contributed by atoms with E-state index in [1.807, 2.05) is 34.6 Å².